The minimum absolute atomic E-state index is 0.0135. The number of nitrogens with zero attached hydrogens (tertiary/aromatic N) is 1. The molecule has 4 nitrogen and oxygen atoms in total. The molecule has 3 rings (SSSR count). The maximum absolute atomic E-state index is 13.8. The third-order valence-corrected chi connectivity index (χ3v) is 5.60. The number of carbonyl (C=O) groups excluding carboxylic acids is 1. The van der Waals surface area contributed by atoms with E-state index in [2.05, 4.69) is 0 Å². The largest absolute Gasteiger partial charge is 0.612 e. The molecule has 2 aromatic carbocycles. The third-order valence-electron chi connectivity index (χ3n) is 4.67. The molecule has 1 N–H and O–H groups in total. The minimum atomic E-state index is -1.04. The molecule has 1 aliphatic rings. The highest BCUT2D eigenvalue weighted by molar-refractivity contribution is 7.90. The molecule has 0 radical (unpaired) electrons. The number of carbonyl (C=O) groups is 1. The van der Waals surface area contributed by atoms with Gasteiger partial charge in [-0.25, -0.2) is 9.45 Å². The molecular formula is C21H20FNO3S. The second-order valence-electron chi connectivity index (χ2n) is 6.47. The lowest BCUT2D eigenvalue weighted by Gasteiger charge is -2.10. The van der Waals surface area contributed by atoms with Gasteiger partial charge < -0.3 is 4.55 Å². The van der Waals surface area contributed by atoms with Crippen LogP contribution in [-0.2, 0) is 16.0 Å². The zero-order valence-corrected chi connectivity index (χ0v) is 16.1. The molecule has 0 bridgehead atoms. The fraction of sp³-hybridized carbons (Fsp3) is 0.190. The Morgan fingerprint density at radius 1 is 1.22 bits per heavy atom. The van der Waals surface area contributed by atoms with E-state index in [0.717, 1.165) is 27.2 Å². The molecule has 0 aliphatic heterocycles. The van der Waals surface area contributed by atoms with Crippen molar-refractivity contribution in [3.05, 3.63) is 70.5 Å². The minimum Gasteiger partial charge on any atom is -0.612 e. The van der Waals surface area contributed by atoms with Crippen molar-refractivity contribution in [3.8, 4) is 0 Å². The van der Waals surface area contributed by atoms with Crippen LogP contribution in [-0.4, -0.2) is 34.0 Å². The smallest absolute Gasteiger partial charge is 0.250 e. The molecule has 0 fully saturated rings. The van der Waals surface area contributed by atoms with Crippen LogP contribution in [0.2, 0.25) is 0 Å². The molecule has 6 heteroatoms. The quantitative estimate of drug-likeness (QED) is 0.489. The lowest BCUT2D eigenvalue weighted by atomic mass is 10.0. The highest BCUT2D eigenvalue weighted by atomic mass is 32.2. The maximum atomic E-state index is 13.8. The fourth-order valence-corrected chi connectivity index (χ4v) is 3.69. The summed E-state index contributed by atoms with van der Waals surface area (Å²) in [6.45, 7) is 1.89. The molecule has 0 saturated carbocycles. The van der Waals surface area contributed by atoms with E-state index in [-0.39, 0.29) is 12.2 Å². The number of hydrogen-bond acceptors (Lipinski definition) is 3. The molecule has 1 aliphatic carbocycles. The van der Waals surface area contributed by atoms with Crippen LogP contribution in [0.1, 0.15) is 30.0 Å². The first-order chi connectivity index (χ1) is 12.8. The van der Waals surface area contributed by atoms with Gasteiger partial charge in [0.1, 0.15) is 12.1 Å². The van der Waals surface area contributed by atoms with Crippen molar-refractivity contribution in [2.75, 3.05) is 13.3 Å². The molecule has 0 heterocycles. The Kier molecular flexibility index (Phi) is 5.51. The molecule has 0 aromatic heterocycles. The first kappa shape index (κ1) is 19.4. The van der Waals surface area contributed by atoms with Crippen molar-refractivity contribution in [3.63, 3.8) is 0 Å². The van der Waals surface area contributed by atoms with Gasteiger partial charge >= 0.3 is 0 Å². The molecule has 1 atom stereocenters. The van der Waals surface area contributed by atoms with Gasteiger partial charge in [-0.3, -0.25) is 10.0 Å². The number of halogens is 1. The van der Waals surface area contributed by atoms with Gasteiger partial charge in [0.15, 0.2) is 4.90 Å². The number of fused-ring (bicyclic) bond motifs is 1. The first-order valence-corrected chi connectivity index (χ1v) is 9.94. The Hall–Kier alpha value is -2.41. The Balaban J connectivity index is 2.06. The monoisotopic (exact) mass is 385 g/mol. The number of allylic oxidation sites excluding steroid dienone is 2. The van der Waals surface area contributed by atoms with Gasteiger partial charge in [0, 0.05) is 7.05 Å². The Bertz CT molecular complexity index is 946. The fourth-order valence-electron chi connectivity index (χ4n) is 3.17. The second kappa shape index (κ2) is 7.68. The van der Waals surface area contributed by atoms with Crippen LogP contribution in [0.25, 0.3) is 17.2 Å². The van der Waals surface area contributed by atoms with E-state index in [0.29, 0.717) is 16.2 Å². The van der Waals surface area contributed by atoms with Crippen molar-refractivity contribution in [2.45, 2.75) is 18.2 Å². The Morgan fingerprint density at radius 2 is 1.89 bits per heavy atom. The summed E-state index contributed by atoms with van der Waals surface area (Å²) in [5, 5.41) is 9.94. The van der Waals surface area contributed by atoms with E-state index in [1.54, 1.807) is 12.3 Å². The van der Waals surface area contributed by atoms with Crippen LogP contribution in [0.4, 0.5) is 4.39 Å². The summed E-state index contributed by atoms with van der Waals surface area (Å²) in [7, 11) is 1.27. The Morgan fingerprint density at radius 3 is 2.48 bits per heavy atom. The van der Waals surface area contributed by atoms with E-state index < -0.39 is 17.1 Å². The highest BCUT2D eigenvalue weighted by Crippen LogP contribution is 2.44. The van der Waals surface area contributed by atoms with Crippen LogP contribution >= 0.6 is 0 Å². The van der Waals surface area contributed by atoms with Crippen molar-refractivity contribution < 1.29 is 18.9 Å². The summed E-state index contributed by atoms with van der Waals surface area (Å²) < 4.78 is 25.4. The van der Waals surface area contributed by atoms with Gasteiger partial charge in [0.2, 0.25) is 5.91 Å². The molecule has 1 amide bonds. The van der Waals surface area contributed by atoms with Crippen molar-refractivity contribution in [1.29, 1.82) is 0 Å². The van der Waals surface area contributed by atoms with E-state index >= 15 is 0 Å². The van der Waals surface area contributed by atoms with Crippen LogP contribution in [0.3, 0.4) is 0 Å². The lowest BCUT2D eigenvalue weighted by molar-refractivity contribution is -0.157. The third kappa shape index (κ3) is 3.98. The summed E-state index contributed by atoms with van der Waals surface area (Å²) in [6.07, 6.45) is 3.58. The summed E-state index contributed by atoms with van der Waals surface area (Å²) >= 11 is -1.04. The summed E-state index contributed by atoms with van der Waals surface area (Å²) in [5.41, 5.74) is 4.90. The molecule has 140 valence electrons. The van der Waals surface area contributed by atoms with E-state index in [1.165, 1.54) is 19.2 Å². The summed E-state index contributed by atoms with van der Waals surface area (Å²) in [4.78, 5) is 12.8. The normalized spacial score (nSPS) is 15.9. The SMILES string of the molecule is CC1=C(CC(=O)N(C)O)c2cc(F)ccc2/C1=C\c1ccc([S+](C)[O-])cc1. The summed E-state index contributed by atoms with van der Waals surface area (Å²) in [6, 6.07) is 11.9. The maximum Gasteiger partial charge on any atom is 0.250 e. The molecule has 0 saturated heterocycles. The predicted molar refractivity (Wildman–Crippen MR) is 105 cm³/mol. The molecule has 27 heavy (non-hydrogen) atoms. The van der Waals surface area contributed by atoms with Gasteiger partial charge in [-0.1, -0.05) is 6.07 Å². The highest BCUT2D eigenvalue weighted by Gasteiger charge is 2.26. The second-order valence-corrected chi connectivity index (χ2v) is 7.85. The van der Waals surface area contributed by atoms with Crippen molar-refractivity contribution >= 4 is 34.3 Å². The van der Waals surface area contributed by atoms with Crippen LogP contribution < -0.4 is 0 Å². The molecule has 2 aromatic rings. The topological polar surface area (TPSA) is 63.6 Å². The number of hydrogen-bond donors (Lipinski definition) is 1. The van der Waals surface area contributed by atoms with Gasteiger partial charge in [0.25, 0.3) is 0 Å². The molecule has 0 spiro atoms. The number of rotatable bonds is 4. The van der Waals surface area contributed by atoms with Crippen molar-refractivity contribution in [1.82, 2.24) is 5.06 Å². The van der Waals surface area contributed by atoms with Gasteiger partial charge in [-0.2, -0.15) is 0 Å². The average Bonchev–Trinajstić information content (AvgIpc) is 2.87. The van der Waals surface area contributed by atoms with Gasteiger partial charge in [-0.15, -0.1) is 0 Å². The average molecular weight is 385 g/mol. The Labute approximate surface area is 160 Å². The summed E-state index contributed by atoms with van der Waals surface area (Å²) in [5.74, 6) is -0.838. The van der Waals surface area contributed by atoms with E-state index in [4.69, 9.17) is 0 Å². The van der Waals surface area contributed by atoms with Gasteiger partial charge in [0.05, 0.1) is 6.42 Å². The van der Waals surface area contributed by atoms with Crippen LogP contribution in [0.15, 0.2) is 52.9 Å². The van der Waals surface area contributed by atoms with Crippen LogP contribution in [0.5, 0.6) is 0 Å². The van der Waals surface area contributed by atoms with Crippen LogP contribution in [0, 0.1) is 5.82 Å². The number of hydroxylamine groups is 2. The zero-order chi connectivity index (χ0) is 19.7. The predicted octanol–water partition coefficient (Wildman–Crippen LogP) is 4.13. The first-order valence-electron chi connectivity index (χ1n) is 8.39. The van der Waals surface area contributed by atoms with E-state index in [9.17, 15) is 18.9 Å². The van der Waals surface area contributed by atoms with E-state index in [1.807, 2.05) is 37.3 Å². The van der Waals surface area contributed by atoms with Gasteiger partial charge in [-0.05, 0) is 94.0 Å². The standard InChI is InChI=1S/C21H20FNO3S/c1-13-18(10-14-4-7-16(8-5-14)27(3)26)17-9-6-15(22)11-20(17)19(13)12-21(24)23(2)25/h4-11,25H,12H2,1-3H3/b18-10-. The van der Waals surface area contributed by atoms with Crippen molar-refractivity contribution in [2.24, 2.45) is 0 Å². The number of benzene rings is 2. The number of amides is 1. The molecular weight excluding hydrogens is 365 g/mol. The zero-order valence-electron chi connectivity index (χ0n) is 15.3. The molecule has 1 unspecified atom stereocenters. The lowest BCUT2D eigenvalue weighted by Crippen LogP contribution is -2.22.